The standard InChI is InChI=1S/C19H22ClNO.ClH/c20-18-11-5-1-8-16(18)14-22-19-12-6-2-7-15(19)13-21-17-9-3-4-10-17;/h1-2,5-8,11-12,17,21H,3-4,9-10,13-14H2;1H. The van der Waals surface area contributed by atoms with Crippen molar-refractivity contribution < 1.29 is 4.74 Å². The fourth-order valence-electron chi connectivity index (χ4n) is 2.95. The highest BCUT2D eigenvalue weighted by Gasteiger charge is 2.14. The van der Waals surface area contributed by atoms with Crippen LogP contribution in [0.4, 0.5) is 0 Å². The highest BCUT2D eigenvalue weighted by Crippen LogP contribution is 2.23. The number of halogens is 2. The van der Waals surface area contributed by atoms with Gasteiger partial charge in [-0.3, -0.25) is 0 Å². The molecule has 2 nitrogen and oxygen atoms in total. The van der Waals surface area contributed by atoms with Crippen LogP contribution in [0.15, 0.2) is 48.5 Å². The van der Waals surface area contributed by atoms with E-state index >= 15 is 0 Å². The Kier molecular flexibility index (Phi) is 7.22. The zero-order chi connectivity index (χ0) is 15.2. The molecule has 23 heavy (non-hydrogen) atoms. The average molecular weight is 352 g/mol. The number of hydrogen-bond acceptors (Lipinski definition) is 2. The molecule has 1 aliphatic carbocycles. The molecule has 1 aliphatic rings. The topological polar surface area (TPSA) is 21.3 Å². The summed E-state index contributed by atoms with van der Waals surface area (Å²) < 4.78 is 5.99. The molecule has 1 saturated carbocycles. The molecule has 1 fully saturated rings. The van der Waals surface area contributed by atoms with Gasteiger partial charge in [0.05, 0.1) is 0 Å². The zero-order valence-electron chi connectivity index (χ0n) is 13.1. The van der Waals surface area contributed by atoms with Gasteiger partial charge in [-0.15, -0.1) is 12.4 Å². The second-order valence-electron chi connectivity index (χ2n) is 5.85. The van der Waals surface area contributed by atoms with Gasteiger partial charge >= 0.3 is 0 Å². The third-order valence-corrected chi connectivity index (χ3v) is 4.62. The van der Waals surface area contributed by atoms with Crippen LogP contribution in [0.3, 0.4) is 0 Å². The zero-order valence-corrected chi connectivity index (χ0v) is 14.7. The first-order valence-electron chi connectivity index (χ1n) is 8.00. The van der Waals surface area contributed by atoms with Crippen molar-refractivity contribution in [3.8, 4) is 5.75 Å². The normalized spacial score (nSPS) is 14.5. The number of benzene rings is 2. The van der Waals surface area contributed by atoms with E-state index in [0.29, 0.717) is 12.6 Å². The van der Waals surface area contributed by atoms with Crippen molar-refractivity contribution in [3.05, 3.63) is 64.7 Å². The van der Waals surface area contributed by atoms with Gasteiger partial charge in [0.1, 0.15) is 12.4 Å². The summed E-state index contributed by atoms with van der Waals surface area (Å²) in [5.74, 6) is 0.938. The fraction of sp³-hybridized carbons (Fsp3) is 0.368. The Morgan fingerprint density at radius 1 is 0.957 bits per heavy atom. The molecule has 1 N–H and O–H groups in total. The molecule has 0 bridgehead atoms. The van der Waals surface area contributed by atoms with Crippen LogP contribution in [-0.4, -0.2) is 6.04 Å². The van der Waals surface area contributed by atoms with E-state index in [1.54, 1.807) is 0 Å². The lowest BCUT2D eigenvalue weighted by Gasteiger charge is -2.15. The van der Waals surface area contributed by atoms with E-state index in [-0.39, 0.29) is 12.4 Å². The lowest BCUT2D eigenvalue weighted by molar-refractivity contribution is 0.301. The molecule has 0 atom stereocenters. The molecule has 0 aromatic heterocycles. The van der Waals surface area contributed by atoms with Gasteiger partial charge in [0.2, 0.25) is 0 Å². The van der Waals surface area contributed by atoms with Crippen molar-refractivity contribution in [2.24, 2.45) is 0 Å². The largest absolute Gasteiger partial charge is 0.489 e. The maximum atomic E-state index is 6.19. The van der Waals surface area contributed by atoms with Crippen molar-refractivity contribution in [3.63, 3.8) is 0 Å². The van der Waals surface area contributed by atoms with Gasteiger partial charge in [-0.1, -0.05) is 60.8 Å². The van der Waals surface area contributed by atoms with E-state index in [1.165, 1.54) is 31.2 Å². The third-order valence-electron chi connectivity index (χ3n) is 4.25. The highest BCUT2D eigenvalue weighted by molar-refractivity contribution is 6.31. The van der Waals surface area contributed by atoms with Crippen molar-refractivity contribution in [2.45, 2.75) is 44.9 Å². The minimum Gasteiger partial charge on any atom is -0.489 e. The molecule has 3 rings (SSSR count). The summed E-state index contributed by atoms with van der Waals surface area (Å²) in [6, 6.07) is 16.7. The highest BCUT2D eigenvalue weighted by atomic mass is 35.5. The molecule has 124 valence electrons. The number of nitrogens with one attached hydrogen (secondary N) is 1. The van der Waals surface area contributed by atoms with E-state index < -0.39 is 0 Å². The first-order chi connectivity index (χ1) is 10.8. The average Bonchev–Trinajstić information content (AvgIpc) is 3.06. The predicted molar refractivity (Wildman–Crippen MR) is 98.6 cm³/mol. The maximum Gasteiger partial charge on any atom is 0.124 e. The SMILES string of the molecule is Cl.Clc1ccccc1COc1ccccc1CNC1CCCC1. The molecule has 2 aromatic rings. The molecular weight excluding hydrogens is 329 g/mol. The Hall–Kier alpha value is -1.22. The number of rotatable bonds is 6. The van der Waals surface area contributed by atoms with Crippen molar-refractivity contribution in [1.29, 1.82) is 0 Å². The van der Waals surface area contributed by atoms with Gasteiger partial charge in [0.25, 0.3) is 0 Å². The van der Waals surface area contributed by atoms with Crippen molar-refractivity contribution >= 4 is 24.0 Å². The molecule has 0 amide bonds. The molecule has 0 radical (unpaired) electrons. The van der Waals surface area contributed by atoms with Crippen LogP contribution in [0, 0.1) is 0 Å². The fourth-order valence-corrected chi connectivity index (χ4v) is 3.14. The van der Waals surface area contributed by atoms with Gasteiger partial charge in [-0.2, -0.15) is 0 Å². The van der Waals surface area contributed by atoms with E-state index in [4.69, 9.17) is 16.3 Å². The summed E-state index contributed by atoms with van der Waals surface area (Å²) in [5.41, 5.74) is 2.23. The maximum absolute atomic E-state index is 6.19. The Labute approximate surface area is 149 Å². The summed E-state index contributed by atoms with van der Waals surface area (Å²) >= 11 is 6.19. The number of ether oxygens (including phenoxy) is 1. The van der Waals surface area contributed by atoms with Crippen LogP contribution in [0.1, 0.15) is 36.8 Å². The Bertz CT molecular complexity index is 612. The summed E-state index contributed by atoms with van der Waals surface area (Å²) in [6.45, 7) is 1.36. The monoisotopic (exact) mass is 351 g/mol. The van der Waals surface area contributed by atoms with Gasteiger partial charge in [-0.05, 0) is 25.0 Å². The molecule has 2 aromatic carbocycles. The van der Waals surface area contributed by atoms with Gasteiger partial charge < -0.3 is 10.1 Å². The minimum absolute atomic E-state index is 0. The second kappa shape index (κ2) is 9.17. The van der Waals surface area contributed by atoms with Crippen LogP contribution in [-0.2, 0) is 13.2 Å². The summed E-state index contributed by atoms with van der Waals surface area (Å²) in [7, 11) is 0. The van der Waals surface area contributed by atoms with E-state index in [9.17, 15) is 0 Å². The molecular formula is C19H23Cl2NO. The summed E-state index contributed by atoms with van der Waals surface area (Å²) in [4.78, 5) is 0. The Balaban J connectivity index is 0.00000192. The van der Waals surface area contributed by atoms with Gasteiger partial charge in [-0.25, -0.2) is 0 Å². The van der Waals surface area contributed by atoms with E-state index in [1.807, 2.05) is 36.4 Å². The summed E-state index contributed by atoms with van der Waals surface area (Å²) in [6.07, 6.45) is 5.29. The van der Waals surface area contributed by atoms with Crippen LogP contribution >= 0.6 is 24.0 Å². The molecule has 0 aliphatic heterocycles. The first kappa shape index (κ1) is 18.1. The molecule has 0 saturated heterocycles. The Morgan fingerprint density at radius 2 is 1.61 bits per heavy atom. The van der Waals surface area contributed by atoms with Gasteiger partial charge in [0.15, 0.2) is 0 Å². The van der Waals surface area contributed by atoms with Crippen molar-refractivity contribution in [2.75, 3.05) is 0 Å². The smallest absolute Gasteiger partial charge is 0.124 e. The van der Waals surface area contributed by atoms with Crippen LogP contribution < -0.4 is 10.1 Å². The van der Waals surface area contributed by atoms with Crippen LogP contribution in [0.2, 0.25) is 5.02 Å². The van der Waals surface area contributed by atoms with E-state index in [0.717, 1.165) is 22.9 Å². The minimum atomic E-state index is 0. The predicted octanol–water partition coefficient (Wildman–Crippen LogP) is 5.37. The molecule has 0 heterocycles. The quantitative estimate of drug-likeness (QED) is 0.754. The first-order valence-corrected chi connectivity index (χ1v) is 8.38. The summed E-state index contributed by atoms with van der Waals surface area (Å²) in [5, 5.41) is 4.40. The van der Waals surface area contributed by atoms with Crippen LogP contribution in [0.25, 0.3) is 0 Å². The molecule has 0 spiro atoms. The third kappa shape index (κ3) is 5.13. The van der Waals surface area contributed by atoms with E-state index in [2.05, 4.69) is 17.4 Å². The Morgan fingerprint density at radius 3 is 2.35 bits per heavy atom. The lowest BCUT2D eigenvalue weighted by Crippen LogP contribution is -2.25. The van der Waals surface area contributed by atoms with Crippen LogP contribution in [0.5, 0.6) is 5.75 Å². The molecule has 4 heteroatoms. The van der Waals surface area contributed by atoms with Gasteiger partial charge in [0, 0.05) is 28.7 Å². The number of hydrogen-bond donors (Lipinski definition) is 1. The van der Waals surface area contributed by atoms with Crippen molar-refractivity contribution in [1.82, 2.24) is 5.32 Å². The second-order valence-corrected chi connectivity index (χ2v) is 6.26. The number of para-hydroxylation sites is 1. The lowest BCUT2D eigenvalue weighted by atomic mass is 10.1. The molecule has 0 unspecified atom stereocenters.